The van der Waals surface area contributed by atoms with E-state index in [9.17, 15) is 14.4 Å². The number of hydrogen-bond donors (Lipinski definition) is 2. The maximum Gasteiger partial charge on any atom is 0.324 e. The van der Waals surface area contributed by atoms with Crippen LogP contribution in [-0.2, 0) is 9.53 Å². The van der Waals surface area contributed by atoms with Gasteiger partial charge in [0, 0.05) is 37.4 Å². The van der Waals surface area contributed by atoms with E-state index in [2.05, 4.69) is 10.6 Å². The van der Waals surface area contributed by atoms with Crippen LogP contribution in [0.4, 0.5) is 10.5 Å². The Balaban J connectivity index is 1.66. The van der Waals surface area contributed by atoms with Crippen molar-refractivity contribution in [2.24, 2.45) is 0 Å². The molecule has 2 aliphatic heterocycles. The summed E-state index contributed by atoms with van der Waals surface area (Å²) < 4.78 is 5.27. The molecule has 2 N–H and O–H groups in total. The van der Waals surface area contributed by atoms with Gasteiger partial charge in [-0.25, -0.2) is 4.79 Å². The molecule has 2 aliphatic rings. The summed E-state index contributed by atoms with van der Waals surface area (Å²) in [7, 11) is 0. The van der Waals surface area contributed by atoms with Crippen LogP contribution in [0.3, 0.4) is 0 Å². The number of benzene rings is 1. The van der Waals surface area contributed by atoms with Gasteiger partial charge in [-0.1, -0.05) is 6.07 Å². The zero-order valence-electron chi connectivity index (χ0n) is 14.2. The summed E-state index contributed by atoms with van der Waals surface area (Å²) in [5.41, 5.74) is 2.21. The summed E-state index contributed by atoms with van der Waals surface area (Å²) in [6.45, 7) is 5.03. The predicted octanol–water partition coefficient (Wildman–Crippen LogP) is 0.431. The van der Waals surface area contributed by atoms with Crippen LogP contribution in [0.2, 0.25) is 0 Å². The lowest BCUT2D eigenvalue weighted by atomic mass is 10.1. The summed E-state index contributed by atoms with van der Waals surface area (Å²) in [6.07, 6.45) is 0. The second-order valence-corrected chi connectivity index (χ2v) is 6.07. The van der Waals surface area contributed by atoms with Crippen LogP contribution in [0.15, 0.2) is 18.2 Å². The van der Waals surface area contributed by atoms with E-state index in [1.54, 1.807) is 17.0 Å². The molecule has 2 heterocycles. The molecule has 3 rings (SSSR count). The molecule has 4 amide bonds. The summed E-state index contributed by atoms with van der Waals surface area (Å²) in [4.78, 5) is 39.2. The Morgan fingerprint density at radius 2 is 2.00 bits per heavy atom. The number of hydrogen-bond acceptors (Lipinski definition) is 5. The largest absolute Gasteiger partial charge is 0.378 e. The Kier molecular flexibility index (Phi) is 5.18. The second-order valence-electron chi connectivity index (χ2n) is 6.07. The topological polar surface area (TPSA) is 91.0 Å². The highest BCUT2D eigenvalue weighted by Gasteiger charge is 2.26. The van der Waals surface area contributed by atoms with Crippen molar-refractivity contribution in [1.82, 2.24) is 15.1 Å². The fourth-order valence-electron chi connectivity index (χ4n) is 2.87. The van der Waals surface area contributed by atoms with Crippen LogP contribution in [-0.4, -0.2) is 73.6 Å². The van der Waals surface area contributed by atoms with Gasteiger partial charge >= 0.3 is 6.03 Å². The highest BCUT2D eigenvalue weighted by Crippen LogP contribution is 2.18. The lowest BCUT2D eigenvalue weighted by molar-refractivity contribution is -0.125. The lowest BCUT2D eigenvalue weighted by Gasteiger charge is -2.27. The quantitative estimate of drug-likeness (QED) is 0.825. The molecule has 0 aliphatic carbocycles. The first-order valence-corrected chi connectivity index (χ1v) is 8.36. The number of ether oxygens (including phenoxy) is 1. The van der Waals surface area contributed by atoms with Crippen molar-refractivity contribution in [3.05, 3.63) is 29.3 Å². The molecule has 134 valence electrons. The van der Waals surface area contributed by atoms with Gasteiger partial charge < -0.3 is 20.3 Å². The van der Waals surface area contributed by atoms with Gasteiger partial charge in [-0.2, -0.15) is 0 Å². The third kappa shape index (κ3) is 3.90. The Morgan fingerprint density at radius 1 is 1.24 bits per heavy atom. The summed E-state index contributed by atoms with van der Waals surface area (Å²) in [6, 6.07) is 5.03. The van der Waals surface area contributed by atoms with Gasteiger partial charge in [0.2, 0.25) is 5.91 Å². The molecule has 0 spiro atoms. The number of aryl methyl sites for hydroxylation is 1. The minimum Gasteiger partial charge on any atom is -0.378 e. The maximum absolute atomic E-state index is 12.6. The molecule has 1 aromatic carbocycles. The number of anilines is 1. The second kappa shape index (κ2) is 7.52. The smallest absolute Gasteiger partial charge is 0.324 e. The average molecular weight is 346 g/mol. The summed E-state index contributed by atoms with van der Waals surface area (Å²) in [5, 5.41) is 5.64. The van der Waals surface area contributed by atoms with E-state index in [1.807, 2.05) is 13.0 Å². The number of imide groups is 1. The van der Waals surface area contributed by atoms with Crippen LogP contribution in [0.1, 0.15) is 15.9 Å². The van der Waals surface area contributed by atoms with Crippen molar-refractivity contribution >= 4 is 23.5 Å². The van der Waals surface area contributed by atoms with E-state index in [1.165, 1.54) is 4.90 Å². The molecular formula is C17H22N4O4. The minimum absolute atomic E-state index is 0.00343. The number of amides is 4. The van der Waals surface area contributed by atoms with Crippen molar-refractivity contribution in [1.29, 1.82) is 0 Å². The zero-order chi connectivity index (χ0) is 17.8. The third-order valence-corrected chi connectivity index (χ3v) is 4.37. The predicted molar refractivity (Wildman–Crippen MR) is 91.5 cm³/mol. The molecule has 2 saturated heterocycles. The zero-order valence-corrected chi connectivity index (χ0v) is 14.2. The van der Waals surface area contributed by atoms with Gasteiger partial charge in [-0.05, 0) is 24.6 Å². The number of rotatable bonds is 4. The Hall–Kier alpha value is -2.61. The molecule has 0 aromatic heterocycles. The number of nitrogens with one attached hydrogen (secondary N) is 2. The van der Waals surface area contributed by atoms with Gasteiger partial charge in [0.05, 0.1) is 19.8 Å². The Labute approximate surface area is 146 Å². The Bertz CT molecular complexity index is 685. The van der Waals surface area contributed by atoms with E-state index in [0.717, 1.165) is 5.56 Å². The average Bonchev–Trinajstić information content (AvgIpc) is 3.07. The number of carbonyl (C=O) groups is 3. The number of nitrogens with zero attached hydrogens (tertiary/aromatic N) is 2. The first-order valence-electron chi connectivity index (χ1n) is 8.36. The van der Waals surface area contributed by atoms with Crippen LogP contribution in [0.25, 0.3) is 0 Å². The van der Waals surface area contributed by atoms with Crippen molar-refractivity contribution in [3.63, 3.8) is 0 Å². The van der Waals surface area contributed by atoms with Gasteiger partial charge in [-0.15, -0.1) is 0 Å². The first kappa shape index (κ1) is 17.2. The van der Waals surface area contributed by atoms with Crippen molar-refractivity contribution in [2.45, 2.75) is 6.92 Å². The first-order chi connectivity index (χ1) is 12.1. The third-order valence-electron chi connectivity index (χ3n) is 4.37. The fourth-order valence-corrected chi connectivity index (χ4v) is 2.87. The molecule has 0 saturated carbocycles. The van der Waals surface area contributed by atoms with Gasteiger partial charge in [0.15, 0.2) is 0 Å². The standard InChI is InChI=1S/C17H22N4O4/c1-12-2-3-13(16(23)20-6-8-25-9-7-20)10-14(12)19-11-15(22)21-5-4-18-17(21)24/h2-3,10,19H,4-9,11H2,1H3,(H,18,24). The molecule has 8 nitrogen and oxygen atoms in total. The molecule has 0 radical (unpaired) electrons. The van der Waals surface area contributed by atoms with Crippen LogP contribution in [0, 0.1) is 6.92 Å². The number of carbonyl (C=O) groups excluding carboxylic acids is 3. The summed E-state index contributed by atoms with van der Waals surface area (Å²) >= 11 is 0. The maximum atomic E-state index is 12.6. The minimum atomic E-state index is -0.361. The van der Waals surface area contributed by atoms with Crippen LogP contribution in [0.5, 0.6) is 0 Å². The SMILES string of the molecule is Cc1ccc(C(=O)N2CCOCC2)cc1NCC(=O)N1CCNC1=O. The molecule has 0 unspecified atom stereocenters. The molecule has 1 aromatic rings. The van der Waals surface area contributed by atoms with Crippen molar-refractivity contribution < 1.29 is 19.1 Å². The normalized spacial score (nSPS) is 17.4. The van der Waals surface area contributed by atoms with Gasteiger partial charge in [0.25, 0.3) is 5.91 Å². The molecule has 0 bridgehead atoms. The van der Waals surface area contributed by atoms with Gasteiger partial charge in [0.1, 0.15) is 0 Å². The van der Waals surface area contributed by atoms with Crippen LogP contribution < -0.4 is 10.6 Å². The van der Waals surface area contributed by atoms with Crippen LogP contribution >= 0.6 is 0 Å². The van der Waals surface area contributed by atoms with E-state index >= 15 is 0 Å². The molecule has 0 atom stereocenters. The van der Waals surface area contributed by atoms with E-state index in [4.69, 9.17) is 4.74 Å². The summed E-state index contributed by atoms with van der Waals surface area (Å²) in [5.74, 6) is -0.337. The van der Waals surface area contributed by atoms with E-state index in [0.29, 0.717) is 50.6 Å². The monoisotopic (exact) mass is 346 g/mol. The molecule has 8 heteroatoms. The number of morpholine rings is 1. The molecule has 2 fully saturated rings. The highest BCUT2D eigenvalue weighted by molar-refractivity contribution is 5.98. The van der Waals surface area contributed by atoms with Crippen molar-refractivity contribution in [3.8, 4) is 0 Å². The lowest BCUT2D eigenvalue weighted by Crippen LogP contribution is -2.40. The highest BCUT2D eigenvalue weighted by atomic mass is 16.5. The van der Waals surface area contributed by atoms with Crippen molar-refractivity contribution in [2.75, 3.05) is 51.3 Å². The molecule has 25 heavy (non-hydrogen) atoms. The fraction of sp³-hybridized carbons (Fsp3) is 0.471. The molecular weight excluding hydrogens is 324 g/mol. The van der Waals surface area contributed by atoms with Gasteiger partial charge in [-0.3, -0.25) is 14.5 Å². The Morgan fingerprint density at radius 3 is 2.68 bits per heavy atom. The number of urea groups is 1. The van der Waals surface area contributed by atoms with E-state index < -0.39 is 0 Å². The van der Waals surface area contributed by atoms with E-state index in [-0.39, 0.29) is 24.4 Å².